The maximum Gasteiger partial charge on any atom is 0.469 e. The molecule has 2 aromatic heterocycles. The highest BCUT2D eigenvalue weighted by Crippen LogP contribution is 2.45. The Morgan fingerprint density at radius 3 is 2.68 bits per heavy atom. The lowest BCUT2D eigenvalue weighted by atomic mass is 10.1. The normalized spacial score (nSPS) is 26.1. The molecular formula is C20H25N6O7P. The van der Waals surface area contributed by atoms with Crippen LogP contribution >= 0.6 is 7.82 Å². The number of phosphoric ester groups is 1. The number of imidazole rings is 1. The van der Waals surface area contributed by atoms with Gasteiger partial charge in [0, 0.05) is 6.54 Å². The number of aromatic nitrogens is 4. The van der Waals surface area contributed by atoms with Gasteiger partial charge in [-0.25, -0.2) is 9.55 Å². The molecule has 2 aliphatic heterocycles. The fourth-order valence-corrected chi connectivity index (χ4v) is 4.51. The average molecular weight is 492 g/mol. The number of benzene rings is 1. The highest BCUT2D eigenvalue weighted by molar-refractivity contribution is 7.46. The second kappa shape index (κ2) is 8.54. The molecule has 0 spiro atoms. The monoisotopic (exact) mass is 492 g/mol. The first-order chi connectivity index (χ1) is 16.1. The van der Waals surface area contributed by atoms with E-state index in [1.165, 1.54) is 6.33 Å². The van der Waals surface area contributed by atoms with Crippen molar-refractivity contribution in [3.05, 3.63) is 42.2 Å². The fourth-order valence-electron chi connectivity index (χ4n) is 4.17. The fraction of sp³-hybridized carbons (Fsp3) is 0.450. The molecule has 0 bridgehead atoms. The van der Waals surface area contributed by atoms with Gasteiger partial charge in [0.05, 0.1) is 12.9 Å². The third-order valence-electron chi connectivity index (χ3n) is 5.55. The van der Waals surface area contributed by atoms with Crippen LogP contribution < -0.4 is 11.1 Å². The molecule has 5 N–H and O–H groups in total. The number of fused-ring (bicyclic) bond motifs is 2. The summed E-state index contributed by atoms with van der Waals surface area (Å²) in [7, 11) is -4.69. The predicted molar refractivity (Wildman–Crippen MR) is 119 cm³/mol. The number of nitrogens with two attached hydrogens (primary N) is 1. The summed E-state index contributed by atoms with van der Waals surface area (Å²) in [4.78, 5) is 31.4. The summed E-state index contributed by atoms with van der Waals surface area (Å²) in [5.74, 6) is -0.417. The van der Waals surface area contributed by atoms with Gasteiger partial charge in [-0.15, -0.1) is 0 Å². The minimum absolute atomic E-state index is 0.194. The van der Waals surface area contributed by atoms with E-state index in [1.54, 1.807) is 18.4 Å². The molecular weight excluding hydrogens is 467 g/mol. The Balaban J connectivity index is 1.44. The molecule has 0 amide bonds. The van der Waals surface area contributed by atoms with Crippen molar-refractivity contribution in [1.29, 1.82) is 0 Å². The second-order valence-electron chi connectivity index (χ2n) is 8.51. The summed E-state index contributed by atoms with van der Waals surface area (Å²) < 4.78 is 35.6. The van der Waals surface area contributed by atoms with Crippen molar-refractivity contribution in [3.63, 3.8) is 0 Å². The van der Waals surface area contributed by atoms with Crippen molar-refractivity contribution in [2.45, 2.75) is 50.7 Å². The van der Waals surface area contributed by atoms with E-state index in [-0.39, 0.29) is 12.4 Å². The molecule has 4 heterocycles. The molecule has 2 saturated heterocycles. The first-order valence-electron chi connectivity index (χ1n) is 10.6. The third-order valence-corrected chi connectivity index (χ3v) is 6.03. The SMILES string of the molecule is CC1(C)O[C@@H]2[C@H](O1)[C@@H](COP(=O)(O)O)O[C@H]2n1cnc2c(N)nc(NCc3ccccc3)nc21. The molecule has 0 unspecified atom stereocenters. The van der Waals surface area contributed by atoms with Gasteiger partial charge in [-0.1, -0.05) is 30.3 Å². The minimum atomic E-state index is -4.69. The lowest BCUT2D eigenvalue weighted by Crippen LogP contribution is -2.32. The molecule has 0 radical (unpaired) electrons. The maximum atomic E-state index is 11.2. The largest absolute Gasteiger partial charge is 0.469 e. The average Bonchev–Trinajstić information content (AvgIpc) is 3.42. The number of ether oxygens (including phenoxy) is 3. The Kier molecular flexibility index (Phi) is 5.81. The quantitative estimate of drug-likeness (QED) is 0.351. The molecule has 14 heteroatoms. The van der Waals surface area contributed by atoms with Crippen LogP contribution in [0.1, 0.15) is 25.6 Å². The van der Waals surface area contributed by atoms with Gasteiger partial charge >= 0.3 is 7.82 Å². The Morgan fingerprint density at radius 1 is 1.21 bits per heavy atom. The summed E-state index contributed by atoms with van der Waals surface area (Å²) in [5, 5.41) is 3.16. The van der Waals surface area contributed by atoms with E-state index >= 15 is 0 Å². The predicted octanol–water partition coefficient (Wildman–Crippen LogP) is 1.55. The summed E-state index contributed by atoms with van der Waals surface area (Å²) in [6.07, 6.45) is -1.26. The maximum absolute atomic E-state index is 11.2. The van der Waals surface area contributed by atoms with Crippen LogP contribution in [0, 0.1) is 0 Å². The molecule has 2 fully saturated rings. The van der Waals surface area contributed by atoms with Crippen molar-refractivity contribution in [2.24, 2.45) is 0 Å². The number of nitrogens with one attached hydrogen (secondary N) is 1. The zero-order valence-corrected chi connectivity index (χ0v) is 19.3. The number of phosphoric acid groups is 1. The molecule has 182 valence electrons. The topological polar surface area (TPSA) is 176 Å². The van der Waals surface area contributed by atoms with Crippen molar-refractivity contribution in [1.82, 2.24) is 19.5 Å². The van der Waals surface area contributed by atoms with Gasteiger partial charge in [-0.05, 0) is 19.4 Å². The molecule has 0 aliphatic carbocycles. The molecule has 1 aromatic carbocycles. The number of rotatable bonds is 7. The molecule has 2 aliphatic rings. The van der Waals surface area contributed by atoms with Crippen molar-refractivity contribution in [2.75, 3.05) is 17.7 Å². The van der Waals surface area contributed by atoms with E-state index in [2.05, 4.69) is 24.8 Å². The lowest BCUT2D eigenvalue weighted by molar-refractivity contribution is -0.199. The Bertz CT molecular complexity index is 1230. The molecule has 4 atom stereocenters. The standard InChI is InChI=1S/C20H25N6O7P/c1-20(2)32-14-12(9-30-34(27,28)29)31-18(15(14)33-20)26-10-23-13-16(21)24-19(25-17(13)26)22-8-11-6-4-3-5-7-11/h3-7,10,12,14-15,18H,8-9H2,1-2H3,(H2,27,28,29)(H3,21,22,24,25)/t12-,14-,15-,18-/m1/s1. The van der Waals surface area contributed by atoms with E-state index in [0.29, 0.717) is 23.7 Å². The zero-order chi connectivity index (χ0) is 24.1. The van der Waals surface area contributed by atoms with Crippen LogP contribution in [-0.4, -0.2) is 60.0 Å². The van der Waals surface area contributed by atoms with Gasteiger partial charge in [0.1, 0.15) is 23.8 Å². The van der Waals surface area contributed by atoms with Crippen LogP contribution in [0.25, 0.3) is 11.2 Å². The van der Waals surface area contributed by atoms with Crippen molar-refractivity contribution in [3.8, 4) is 0 Å². The van der Waals surface area contributed by atoms with Gasteiger partial charge in [0.2, 0.25) is 5.95 Å². The van der Waals surface area contributed by atoms with E-state index in [0.717, 1.165) is 5.56 Å². The molecule has 34 heavy (non-hydrogen) atoms. The number of anilines is 2. The van der Waals surface area contributed by atoms with Crippen LogP contribution in [0.2, 0.25) is 0 Å². The smallest absolute Gasteiger partial charge is 0.382 e. The highest BCUT2D eigenvalue weighted by atomic mass is 31.2. The third kappa shape index (κ3) is 4.64. The van der Waals surface area contributed by atoms with Crippen molar-refractivity contribution < 1.29 is 33.1 Å². The van der Waals surface area contributed by atoms with Crippen LogP contribution in [0.15, 0.2) is 36.7 Å². The highest BCUT2D eigenvalue weighted by Gasteiger charge is 2.56. The molecule has 13 nitrogen and oxygen atoms in total. The van der Waals surface area contributed by atoms with Gasteiger partial charge in [0.15, 0.2) is 23.5 Å². The summed E-state index contributed by atoms with van der Waals surface area (Å²) >= 11 is 0. The minimum Gasteiger partial charge on any atom is -0.382 e. The first-order valence-corrected chi connectivity index (χ1v) is 12.1. The summed E-state index contributed by atoms with van der Waals surface area (Å²) in [6.45, 7) is 3.62. The Hall–Kier alpha value is -2.64. The van der Waals surface area contributed by atoms with Gasteiger partial charge < -0.3 is 35.0 Å². The van der Waals surface area contributed by atoms with E-state index in [9.17, 15) is 4.57 Å². The van der Waals surface area contributed by atoms with E-state index in [1.807, 2.05) is 30.3 Å². The summed E-state index contributed by atoms with van der Waals surface area (Å²) in [6, 6.07) is 9.77. The lowest BCUT2D eigenvalue weighted by Gasteiger charge is -2.24. The number of nitrogens with zero attached hydrogens (tertiary/aromatic N) is 4. The number of nitrogen functional groups attached to an aromatic ring is 1. The first kappa shape index (κ1) is 23.1. The van der Waals surface area contributed by atoms with Crippen LogP contribution in [-0.2, 0) is 29.8 Å². The van der Waals surface area contributed by atoms with E-state index in [4.69, 9.17) is 29.7 Å². The van der Waals surface area contributed by atoms with Crippen LogP contribution in [0.5, 0.6) is 0 Å². The van der Waals surface area contributed by atoms with Gasteiger partial charge in [-0.3, -0.25) is 9.09 Å². The van der Waals surface area contributed by atoms with Gasteiger partial charge in [-0.2, -0.15) is 9.97 Å². The summed E-state index contributed by atoms with van der Waals surface area (Å²) in [5.41, 5.74) is 7.99. The molecule has 5 rings (SSSR count). The number of hydrogen-bond acceptors (Lipinski definition) is 10. The molecule has 0 saturated carbocycles. The Morgan fingerprint density at radius 2 is 1.94 bits per heavy atom. The second-order valence-corrected chi connectivity index (χ2v) is 9.75. The van der Waals surface area contributed by atoms with E-state index < -0.39 is 38.1 Å². The van der Waals surface area contributed by atoms with Crippen molar-refractivity contribution >= 4 is 30.8 Å². The van der Waals surface area contributed by atoms with Gasteiger partial charge in [0.25, 0.3) is 0 Å². The van der Waals surface area contributed by atoms with Crippen LogP contribution in [0.4, 0.5) is 11.8 Å². The zero-order valence-electron chi connectivity index (χ0n) is 18.4. The Labute approximate surface area is 194 Å². The molecule has 3 aromatic rings. The van der Waals surface area contributed by atoms with Crippen LogP contribution in [0.3, 0.4) is 0 Å². The number of hydrogen-bond donors (Lipinski definition) is 4.